The largest absolute Gasteiger partial charge is 0.391 e. The molecule has 1 fully saturated rings. The van der Waals surface area contributed by atoms with Crippen molar-refractivity contribution in [1.29, 1.82) is 0 Å². The minimum atomic E-state index is -0.422. The lowest BCUT2D eigenvalue weighted by atomic mass is 10.2. The molecule has 2 unspecified atom stereocenters. The maximum atomic E-state index is 12.3. The monoisotopic (exact) mass is 282 g/mol. The second-order valence-corrected chi connectivity index (χ2v) is 5.59. The average molecular weight is 282 g/mol. The number of carbonyl (C=O) groups is 1. The number of β-amino-alcohol motifs (C(OH)–C–C–N with tert-alkyl or cyclic N) is 1. The van der Waals surface area contributed by atoms with Gasteiger partial charge in [-0.1, -0.05) is 5.16 Å². The molecule has 1 aliphatic heterocycles. The van der Waals surface area contributed by atoms with Crippen LogP contribution >= 0.6 is 0 Å². The van der Waals surface area contributed by atoms with Crippen molar-refractivity contribution in [2.24, 2.45) is 0 Å². The van der Waals surface area contributed by atoms with E-state index < -0.39 is 6.10 Å². The van der Waals surface area contributed by atoms with Gasteiger partial charge in [0.05, 0.1) is 6.10 Å². The molecule has 0 saturated carbocycles. The van der Waals surface area contributed by atoms with Crippen molar-refractivity contribution in [3.63, 3.8) is 0 Å². The number of likely N-dealkylation sites (tertiary alicyclic amines) is 1. The van der Waals surface area contributed by atoms with Gasteiger partial charge in [0.25, 0.3) is 0 Å². The van der Waals surface area contributed by atoms with Crippen LogP contribution in [0.5, 0.6) is 0 Å². The molecule has 1 aliphatic rings. The van der Waals surface area contributed by atoms with Gasteiger partial charge in [-0.25, -0.2) is 0 Å². The Kier molecular flexibility index (Phi) is 4.72. The summed E-state index contributed by atoms with van der Waals surface area (Å²) in [6.45, 7) is 2.93. The second-order valence-electron chi connectivity index (χ2n) is 5.59. The zero-order valence-electron chi connectivity index (χ0n) is 12.2. The fourth-order valence-corrected chi connectivity index (χ4v) is 2.59. The van der Waals surface area contributed by atoms with E-state index in [1.165, 1.54) is 0 Å². The average Bonchev–Trinajstić information content (AvgIpc) is 2.92. The molecule has 0 radical (unpaired) electrons. The van der Waals surface area contributed by atoms with Gasteiger partial charge in [-0.15, -0.1) is 0 Å². The van der Waals surface area contributed by atoms with Gasteiger partial charge in [-0.3, -0.25) is 4.79 Å². The molecular formula is C13H22N4O3. The molecule has 2 rings (SSSR count). The van der Waals surface area contributed by atoms with Crippen LogP contribution in [0.4, 0.5) is 0 Å². The third-order valence-corrected chi connectivity index (χ3v) is 3.41. The van der Waals surface area contributed by atoms with Crippen molar-refractivity contribution >= 4 is 5.91 Å². The summed E-state index contributed by atoms with van der Waals surface area (Å²) < 4.78 is 5.00. The Morgan fingerprint density at radius 1 is 1.55 bits per heavy atom. The topological polar surface area (TPSA) is 82.7 Å². The van der Waals surface area contributed by atoms with Crippen molar-refractivity contribution < 1.29 is 14.4 Å². The predicted octanol–water partition coefficient (Wildman–Crippen LogP) is -0.166. The van der Waals surface area contributed by atoms with E-state index in [1.807, 2.05) is 19.0 Å². The van der Waals surface area contributed by atoms with Crippen LogP contribution in [-0.2, 0) is 11.2 Å². The van der Waals surface area contributed by atoms with E-state index in [2.05, 4.69) is 10.1 Å². The molecule has 1 amide bonds. The molecule has 0 spiro atoms. The van der Waals surface area contributed by atoms with Crippen LogP contribution in [0.25, 0.3) is 0 Å². The molecule has 0 bridgehead atoms. The van der Waals surface area contributed by atoms with Crippen LogP contribution < -0.4 is 0 Å². The van der Waals surface area contributed by atoms with E-state index in [4.69, 9.17) is 4.52 Å². The van der Waals surface area contributed by atoms with Crippen molar-refractivity contribution in [3.05, 3.63) is 11.7 Å². The van der Waals surface area contributed by atoms with Gasteiger partial charge < -0.3 is 19.4 Å². The Morgan fingerprint density at radius 3 is 2.90 bits per heavy atom. The van der Waals surface area contributed by atoms with E-state index in [0.717, 1.165) is 6.54 Å². The summed E-state index contributed by atoms with van der Waals surface area (Å²) >= 11 is 0. The number of likely N-dealkylation sites (N-methyl/N-ethyl adjacent to an activating group) is 1. The quantitative estimate of drug-likeness (QED) is 0.807. The Morgan fingerprint density at radius 2 is 2.30 bits per heavy atom. The summed E-state index contributed by atoms with van der Waals surface area (Å²) in [7, 11) is 3.93. The molecule has 2 heterocycles. The molecule has 112 valence electrons. The van der Waals surface area contributed by atoms with E-state index in [0.29, 0.717) is 37.5 Å². The second kappa shape index (κ2) is 6.32. The first-order valence-electron chi connectivity index (χ1n) is 6.87. The van der Waals surface area contributed by atoms with Crippen molar-refractivity contribution in [3.8, 4) is 0 Å². The lowest BCUT2D eigenvalue weighted by Crippen LogP contribution is -2.41. The molecule has 1 aromatic rings. The number of aliphatic hydroxyl groups is 1. The van der Waals surface area contributed by atoms with Gasteiger partial charge in [0, 0.05) is 32.0 Å². The molecule has 7 nitrogen and oxygen atoms in total. The first-order chi connectivity index (χ1) is 9.45. The van der Waals surface area contributed by atoms with Crippen LogP contribution in [0.2, 0.25) is 0 Å². The summed E-state index contributed by atoms with van der Waals surface area (Å²) in [5, 5.41) is 13.5. The highest BCUT2D eigenvalue weighted by atomic mass is 16.5. The fraction of sp³-hybridized carbons (Fsp3) is 0.769. The number of nitrogens with zero attached hydrogens (tertiary/aromatic N) is 4. The van der Waals surface area contributed by atoms with Crippen LogP contribution in [0, 0.1) is 6.92 Å². The lowest BCUT2D eigenvalue weighted by Gasteiger charge is -2.26. The van der Waals surface area contributed by atoms with Gasteiger partial charge in [0.1, 0.15) is 0 Å². The number of amides is 1. The minimum absolute atomic E-state index is 0.0317. The first kappa shape index (κ1) is 14.9. The van der Waals surface area contributed by atoms with Crippen LogP contribution in [0.1, 0.15) is 24.6 Å². The van der Waals surface area contributed by atoms with Gasteiger partial charge in [0.2, 0.25) is 11.8 Å². The van der Waals surface area contributed by atoms with E-state index in [9.17, 15) is 9.90 Å². The lowest BCUT2D eigenvalue weighted by molar-refractivity contribution is -0.132. The zero-order valence-corrected chi connectivity index (χ0v) is 12.2. The number of aromatic nitrogens is 2. The Balaban J connectivity index is 1.89. The van der Waals surface area contributed by atoms with E-state index in [1.54, 1.807) is 11.8 Å². The molecule has 0 aromatic carbocycles. The van der Waals surface area contributed by atoms with E-state index in [-0.39, 0.29) is 11.9 Å². The number of carbonyl (C=O) groups excluding carboxylic acids is 1. The highest BCUT2D eigenvalue weighted by Gasteiger charge is 2.34. The van der Waals surface area contributed by atoms with Gasteiger partial charge >= 0.3 is 0 Å². The molecule has 1 aromatic heterocycles. The summed E-state index contributed by atoms with van der Waals surface area (Å²) in [5.41, 5.74) is 0. The normalized spacial score (nSPS) is 22.8. The number of aryl methyl sites for hydroxylation is 2. The van der Waals surface area contributed by atoms with Crippen molar-refractivity contribution in [2.75, 3.05) is 27.2 Å². The van der Waals surface area contributed by atoms with Crippen molar-refractivity contribution in [2.45, 2.75) is 38.3 Å². The van der Waals surface area contributed by atoms with Crippen LogP contribution in [-0.4, -0.2) is 70.3 Å². The number of aliphatic hydroxyl groups excluding tert-OH is 1. The maximum Gasteiger partial charge on any atom is 0.227 e. The summed E-state index contributed by atoms with van der Waals surface area (Å²) in [5.74, 6) is 1.10. The third kappa shape index (κ3) is 3.77. The highest BCUT2D eigenvalue weighted by molar-refractivity contribution is 5.77. The summed E-state index contributed by atoms with van der Waals surface area (Å²) in [4.78, 5) is 20.2. The Bertz CT molecular complexity index is 460. The SMILES string of the molecule is Cc1noc(CCC(=O)N2CC(O)CC2CN(C)C)n1. The molecular weight excluding hydrogens is 260 g/mol. The summed E-state index contributed by atoms with van der Waals surface area (Å²) in [6.07, 6.45) is 0.998. The van der Waals surface area contributed by atoms with Crippen molar-refractivity contribution in [1.82, 2.24) is 19.9 Å². The number of hydrogen-bond acceptors (Lipinski definition) is 6. The maximum absolute atomic E-state index is 12.3. The smallest absolute Gasteiger partial charge is 0.227 e. The summed E-state index contributed by atoms with van der Waals surface area (Å²) in [6, 6.07) is 0.0805. The molecule has 2 atom stereocenters. The Labute approximate surface area is 118 Å². The molecule has 1 saturated heterocycles. The first-order valence-corrected chi connectivity index (χ1v) is 6.87. The molecule has 20 heavy (non-hydrogen) atoms. The van der Waals surface area contributed by atoms with Gasteiger partial charge in [-0.2, -0.15) is 4.98 Å². The standard InChI is InChI=1S/C13H22N4O3/c1-9-14-12(20-15-9)4-5-13(19)17-8-11(18)6-10(17)7-16(2)3/h10-11,18H,4-8H2,1-3H3. The molecule has 7 heteroatoms. The fourth-order valence-electron chi connectivity index (χ4n) is 2.59. The van der Waals surface area contributed by atoms with Crippen LogP contribution in [0.15, 0.2) is 4.52 Å². The third-order valence-electron chi connectivity index (χ3n) is 3.41. The molecule has 1 N–H and O–H groups in total. The minimum Gasteiger partial charge on any atom is -0.391 e. The predicted molar refractivity (Wildman–Crippen MR) is 72.0 cm³/mol. The van der Waals surface area contributed by atoms with Crippen LogP contribution in [0.3, 0.4) is 0 Å². The van der Waals surface area contributed by atoms with Gasteiger partial charge in [-0.05, 0) is 27.4 Å². The Hall–Kier alpha value is -1.47. The number of hydrogen-bond donors (Lipinski definition) is 1. The zero-order chi connectivity index (χ0) is 14.7. The molecule has 0 aliphatic carbocycles. The highest BCUT2D eigenvalue weighted by Crippen LogP contribution is 2.20. The van der Waals surface area contributed by atoms with E-state index >= 15 is 0 Å². The van der Waals surface area contributed by atoms with Gasteiger partial charge in [0.15, 0.2) is 5.82 Å². The number of rotatable bonds is 5.